The Labute approximate surface area is 299 Å². The highest BCUT2D eigenvalue weighted by molar-refractivity contribution is 5.97. The maximum Gasteiger partial charge on any atom is 0.348 e. The highest BCUT2D eigenvalue weighted by atomic mass is 16.7. The van der Waals surface area contributed by atoms with Gasteiger partial charge in [0.1, 0.15) is 36.6 Å². The smallest absolute Gasteiger partial charge is 0.348 e. The summed E-state index contributed by atoms with van der Waals surface area (Å²) in [6.07, 6.45) is -12.5. The van der Waals surface area contributed by atoms with E-state index in [9.17, 15) is 54.9 Å². The van der Waals surface area contributed by atoms with Crippen molar-refractivity contribution in [3.8, 4) is 0 Å². The minimum absolute atomic E-state index is 0.00859. The number of ether oxygens (including phenoxy) is 6. The molecular weight excluding hydrogens is 692 g/mol. The van der Waals surface area contributed by atoms with E-state index in [1.807, 2.05) is 0 Å². The summed E-state index contributed by atoms with van der Waals surface area (Å²) in [4.78, 5) is 54.8. The molecule has 1 spiro atoms. The molecule has 3 aliphatic carbocycles. The average molecular weight is 741 g/mol. The zero-order valence-electron chi connectivity index (χ0n) is 29.7. The number of esters is 3. The molecule has 0 aromatic heterocycles. The summed E-state index contributed by atoms with van der Waals surface area (Å²) in [5.41, 5.74) is -6.40. The maximum absolute atomic E-state index is 13.9. The Morgan fingerprint density at radius 2 is 1.73 bits per heavy atom. The number of fused-ring (bicyclic) bond motifs is 2. The molecule has 290 valence electrons. The van der Waals surface area contributed by atoms with E-state index in [-0.39, 0.29) is 30.8 Å². The van der Waals surface area contributed by atoms with Crippen molar-refractivity contribution in [2.24, 2.45) is 34.5 Å². The van der Waals surface area contributed by atoms with E-state index in [0.717, 1.165) is 13.2 Å². The third-order valence-electron chi connectivity index (χ3n) is 12.6. The molecule has 16 atom stereocenters. The lowest BCUT2D eigenvalue weighted by atomic mass is 9.38. The van der Waals surface area contributed by atoms with Crippen molar-refractivity contribution in [1.29, 1.82) is 0 Å². The Bertz CT molecular complexity index is 1550. The average Bonchev–Trinajstić information content (AvgIpc) is 3.39. The predicted octanol–water partition coefficient (Wildman–Crippen LogP) is -2.23. The van der Waals surface area contributed by atoms with Gasteiger partial charge in [0.2, 0.25) is 18.0 Å². The Morgan fingerprint density at radius 1 is 1.06 bits per heavy atom. The first-order valence-corrected chi connectivity index (χ1v) is 17.4. The molecule has 0 aromatic rings. The van der Waals surface area contributed by atoms with E-state index in [2.05, 4.69) is 0 Å². The van der Waals surface area contributed by atoms with Crippen LogP contribution in [0, 0.1) is 34.5 Å². The first-order valence-electron chi connectivity index (χ1n) is 17.4. The van der Waals surface area contributed by atoms with Crippen LogP contribution in [-0.2, 0) is 47.6 Å². The molecule has 7 N–H and O–H groups in total. The predicted molar refractivity (Wildman–Crippen MR) is 170 cm³/mol. The van der Waals surface area contributed by atoms with Crippen LogP contribution in [0.3, 0.4) is 0 Å². The number of aliphatic hydroxyl groups is 7. The number of methoxy groups -OCH3 is 1. The number of carbonyl (C=O) groups excluding carboxylic acids is 4. The van der Waals surface area contributed by atoms with Crippen LogP contribution in [-0.4, -0.2) is 146 Å². The third kappa shape index (κ3) is 5.30. The number of rotatable bonds is 8. The summed E-state index contributed by atoms with van der Waals surface area (Å²) >= 11 is 0. The lowest BCUT2D eigenvalue weighted by molar-refractivity contribution is -0.296. The highest BCUT2D eigenvalue weighted by Crippen LogP contribution is 2.72. The Balaban J connectivity index is 1.47. The zero-order valence-corrected chi connectivity index (χ0v) is 29.7. The summed E-state index contributed by atoms with van der Waals surface area (Å²) in [6, 6.07) is 0. The van der Waals surface area contributed by atoms with Gasteiger partial charge in [0, 0.05) is 23.3 Å². The van der Waals surface area contributed by atoms with Crippen LogP contribution in [0.25, 0.3) is 0 Å². The van der Waals surface area contributed by atoms with E-state index < -0.39 is 131 Å². The van der Waals surface area contributed by atoms with E-state index in [4.69, 9.17) is 28.4 Å². The third-order valence-corrected chi connectivity index (χ3v) is 12.6. The topological polar surface area (TPSA) is 265 Å². The van der Waals surface area contributed by atoms with Crippen LogP contribution >= 0.6 is 0 Å². The first kappa shape index (κ1) is 38.7. The number of Topliss-reactive ketones (excluding diaryl/α,β-unsaturated/α-hetero) is 1. The molecule has 52 heavy (non-hydrogen) atoms. The summed E-state index contributed by atoms with van der Waals surface area (Å²) in [5, 5.41) is 75.5. The summed E-state index contributed by atoms with van der Waals surface area (Å²) < 4.78 is 34.3. The SMILES string of the molecule is CC/C(=C\C(=O)O[C@H]1C(=O)O[C@H]2C[C@H]3[C@H](C)C(=O)C(O[C@H]4O[C@@H](CO)[C@@H](O)[C@@H](O)[C@@H]4O)=C[C@@]3(C)[C@@H]3[C@H](O)[C@H](O)[C@@]4(C(=O)OC)OC[C@@]23[C@H]14)C(C)(C)O. The largest absolute Gasteiger partial charge is 0.467 e. The van der Waals surface area contributed by atoms with Crippen LogP contribution in [0.2, 0.25) is 0 Å². The lowest BCUT2D eigenvalue weighted by Gasteiger charge is -2.67. The molecule has 2 bridgehead atoms. The second-order valence-corrected chi connectivity index (χ2v) is 15.6. The first-order chi connectivity index (χ1) is 24.3. The molecule has 0 amide bonds. The number of carbonyl (C=O) groups is 4. The second-order valence-electron chi connectivity index (χ2n) is 15.6. The quantitative estimate of drug-likeness (QED) is 0.0789. The van der Waals surface area contributed by atoms with Gasteiger partial charge in [-0.3, -0.25) is 4.79 Å². The van der Waals surface area contributed by atoms with Crippen molar-refractivity contribution in [3.05, 3.63) is 23.5 Å². The lowest BCUT2D eigenvalue weighted by Crippen LogP contribution is -2.79. The van der Waals surface area contributed by atoms with Gasteiger partial charge in [0.15, 0.2) is 11.5 Å². The van der Waals surface area contributed by atoms with Crippen molar-refractivity contribution in [2.45, 2.75) is 114 Å². The summed E-state index contributed by atoms with van der Waals surface area (Å²) in [6.45, 7) is 6.81. The van der Waals surface area contributed by atoms with Crippen LogP contribution in [0.4, 0.5) is 0 Å². The molecule has 17 heteroatoms. The minimum Gasteiger partial charge on any atom is -0.467 e. The van der Waals surface area contributed by atoms with Gasteiger partial charge in [-0.05, 0) is 49.7 Å². The molecular formula is C35H48O17. The van der Waals surface area contributed by atoms with Crippen LogP contribution < -0.4 is 0 Å². The van der Waals surface area contributed by atoms with Gasteiger partial charge >= 0.3 is 17.9 Å². The molecule has 5 fully saturated rings. The van der Waals surface area contributed by atoms with Gasteiger partial charge in [-0.1, -0.05) is 20.8 Å². The normalized spacial score (nSPS) is 47.1. The molecule has 6 rings (SSSR count). The van der Waals surface area contributed by atoms with Gasteiger partial charge in [0.05, 0.1) is 37.9 Å². The fraction of sp³-hybridized carbons (Fsp3) is 0.771. The number of hydrogen-bond donors (Lipinski definition) is 7. The zero-order chi connectivity index (χ0) is 38.5. The van der Waals surface area contributed by atoms with E-state index >= 15 is 0 Å². The molecule has 0 aromatic carbocycles. The number of aliphatic hydroxyl groups excluding tert-OH is 6. The summed E-state index contributed by atoms with van der Waals surface area (Å²) in [7, 11) is 1.04. The molecule has 17 nitrogen and oxygen atoms in total. The molecule has 0 radical (unpaired) electrons. The van der Waals surface area contributed by atoms with Crippen LogP contribution in [0.5, 0.6) is 0 Å². The van der Waals surface area contributed by atoms with Crippen molar-refractivity contribution in [2.75, 3.05) is 20.3 Å². The molecule has 3 heterocycles. The number of hydrogen-bond acceptors (Lipinski definition) is 17. The summed E-state index contributed by atoms with van der Waals surface area (Å²) in [5.74, 6) is -8.33. The highest BCUT2D eigenvalue weighted by Gasteiger charge is 2.85. The molecule has 2 saturated carbocycles. The van der Waals surface area contributed by atoms with Crippen molar-refractivity contribution < 1.29 is 83.3 Å². The minimum atomic E-state index is -2.40. The maximum atomic E-state index is 13.9. The monoisotopic (exact) mass is 740 g/mol. The van der Waals surface area contributed by atoms with Gasteiger partial charge in [-0.15, -0.1) is 0 Å². The van der Waals surface area contributed by atoms with Crippen molar-refractivity contribution in [1.82, 2.24) is 0 Å². The van der Waals surface area contributed by atoms with Crippen molar-refractivity contribution >= 4 is 23.7 Å². The number of ketones is 1. The van der Waals surface area contributed by atoms with Gasteiger partial charge in [-0.25, -0.2) is 14.4 Å². The second kappa shape index (κ2) is 13.1. The Kier molecular flexibility index (Phi) is 9.75. The Hall–Kier alpha value is -3.00. The van der Waals surface area contributed by atoms with E-state index in [1.165, 1.54) is 19.9 Å². The van der Waals surface area contributed by atoms with Gasteiger partial charge < -0.3 is 64.2 Å². The van der Waals surface area contributed by atoms with Gasteiger partial charge in [0.25, 0.3) is 0 Å². The van der Waals surface area contributed by atoms with Crippen LogP contribution in [0.15, 0.2) is 23.5 Å². The van der Waals surface area contributed by atoms with Crippen molar-refractivity contribution in [3.63, 3.8) is 0 Å². The standard InChI is InChI=1S/C35H48O17/c1-7-14(32(3,4)46)8-19(37)52-25-27-34-12-48-35(27,31(45)47-6)28(43)24(42)26(34)33(5)10-16(20(38)13(2)15(33)9-18(34)51-29(25)44)49-30-23(41)22(40)21(39)17(11-36)50-30/h8,10,13,15,17-18,21-28,30,36,39-43,46H,7,9,11-12H2,1-6H3/b14-8+/t13-,15-,17-,18-,21+,22+,23-,24-,25+,26-,27-,28-,30-,33+,34+,35-/m0/s1. The van der Waals surface area contributed by atoms with Crippen LogP contribution in [0.1, 0.15) is 47.5 Å². The number of allylic oxidation sites excluding steroid dienone is 2. The van der Waals surface area contributed by atoms with Gasteiger partial charge in [-0.2, -0.15) is 0 Å². The fourth-order valence-corrected chi connectivity index (χ4v) is 10.2. The van der Waals surface area contributed by atoms with E-state index in [1.54, 1.807) is 20.8 Å². The Morgan fingerprint density at radius 3 is 2.33 bits per heavy atom. The molecule has 3 aliphatic heterocycles. The van der Waals surface area contributed by atoms with E-state index in [0.29, 0.717) is 0 Å². The molecule has 0 unspecified atom stereocenters. The molecule has 6 aliphatic rings. The fourth-order valence-electron chi connectivity index (χ4n) is 10.2. The molecule has 3 saturated heterocycles.